The third-order valence-electron chi connectivity index (χ3n) is 18.3. The van der Waals surface area contributed by atoms with Gasteiger partial charge in [0.1, 0.15) is 97.6 Å². The topological polar surface area (TPSA) is 395 Å². The molecule has 0 bridgehead atoms. The lowest BCUT2D eigenvalue weighted by atomic mass is 9.95. The molecule has 4 aliphatic rings. The molecule has 2 amide bonds. The monoisotopic (exact) mass is 1340 g/mol. The van der Waals surface area contributed by atoms with Crippen molar-refractivity contribution in [1.29, 1.82) is 0 Å². The smallest absolute Gasteiger partial charge is 0.220 e. The fourth-order valence-corrected chi connectivity index (χ4v) is 12.5. The molecule has 8 unspecified atom stereocenters. The summed E-state index contributed by atoms with van der Waals surface area (Å²) in [6.07, 6.45) is 9.53. The van der Waals surface area contributed by atoms with E-state index in [2.05, 4.69) is 36.6 Å². The van der Waals surface area contributed by atoms with Crippen LogP contribution in [0.15, 0.2) is 24.3 Å². The van der Waals surface area contributed by atoms with Crippen LogP contribution in [0.1, 0.15) is 226 Å². The fourth-order valence-electron chi connectivity index (χ4n) is 12.5. The molecular formula is C68H124N2O23. The van der Waals surface area contributed by atoms with Gasteiger partial charge in [0.05, 0.1) is 45.2 Å². The zero-order chi connectivity index (χ0) is 67.9. The number of aliphatic hydroxyl groups excluding tert-OH is 13. The highest BCUT2D eigenvalue weighted by Crippen LogP contribution is 2.35. The number of aliphatic hydroxyl groups is 13. The minimum atomic E-state index is -2.10. The van der Waals surface area contributed by atoms with E-state index in [1.165, 1.54) is 141 Å². The molecule has 4 rings (SSSR count). The molecule has 0 aromatic rings. The molecule has 22 atom stereocenters. The summed E-state index contributed by atoms with van der Waals surface area (Å²) in [7, 11) is 0. The van der Waals surface area contributed by atoms with Crippen molar-refractivity contribution in [3.63, 3.8) is 0 Å². The highest BCUT2D eigenvalue weighted by molar-refractivity contribution is 5.76. The molecule has 25 heteroatoms. The average molecular weight is 1340 g/mol. The molecule has 544 valence electrons. The zero-order valence-corrected chi connectivity index (χ0v) is 56.1. The van der Waals surface area contributed by atoms with Crippen LogP contribution < -0.4 is 10.6 Å². The molecular weight excluding hydrogens is 1210 g/mol. The lowest BCUT2D eigenvalue weighted by Gasteiger charge is -2.49. The van der Waals surface area contributed by atoms with Crippen LogP contribution in [0.4, 0.5) is 0 Å². The van der Waals surface area contributed by atoms with Crippen molar-refractivity contribution >= 4 is 11.8 Å². The van der Waals surface area contributed by atoms with E-state index in [1.807, 2.05) is 6.08 Å². The summed E-state index contributed by atoms with van der Waals surface area (Å²) in [5.74, 6) is -1.00. The second-order valence-electron chi connectivity index (χ2n) is 26.1. The highest BCUT2D eigenvalue weighted by atomic mass is 16.8. The number of allylic oxidation sites excluding steroid dienone is 3. The lowest BCUT2D eigenvalue weighted by molar-refractivity contribution is -0.386. The normalized spacial score (nSPS) is 32.5. The predicted octanol–water partition coefficient (Wildman–Crippen LogP) is 3.90. The van der Waals surface area contributed by atoms with Crippen molar-refractivity contribution in [2.45, 2.75) is 361 Å². The van der Waals surface area contributed by atoms with Gasteiger partial charge in [-0.05, 0) is 44.9 Å². The number of hydrogen-bond acceptors (Lipinski definition) is 23. The van der Waals surface area contributed by atoms with Crippen LogP contribution in [-0.4, -0.2) is 246 Å². The van der Waals surface area contributed by atoms with Crippen molar-refractivity contribution in [2.75, 3.05) is 33.0 Å². The van der Waals surface area contributed by atoms with E-state index in [4.69, 9.17) is 37.9 Å². The fraction of sp³-hybridized carbons (Fsp3) is 0.912. The average Bonchev–Trinajstić information content (AvgIpc) is 0.786. The maximum absolute atomic E-state index is 13.4. The van der Waals surface area contributed by atoms with Crippen LogP contribution >= 0.6 is 0 Å². The van der Waals surface area contributed by atoms with Crippen LogP contribution in [0, 0.1) is 0 Å². The SMILES string of the molecule is CCCCCCCC/C=C\CCCCCCCCCCCCCC(=O)N[C@@H](CO[C@@H]1OC(CO)[C@@H](O[C@@H]2OC(CO)[C@H](O[C@@H]3OC(CO)[C@H](O)[C@H](O[C@@H]4OC(CO)[C@H](O)[C@H](O)C4NC(C)=O)C3O)[C@H](O)C2O)[C@H](O)C1O)[C@H](O)/C=C/CCCCCCCCCCCCC. The van der Waals surface area contributed by atoms with E-state index in [0.29, 0.717) is 12.8 Å². The Labute approximate surface area is 552 Å². The van der Waals surface area contributed by atoms with Gasteiger partial charge in [0, 0.05) is 13.3 Å². The number of carbonyl (C=O) groups excluding carboxylic acids is 2. The molecule has 4 fully saturated rings. The Balaban J connectivity index is 1.29. The van der Waals surface area contributed by atoms with Crippen LogP contribution in [0.25, 0.3) is 0 Å². The second kappa shape index (κ2) is 48.3. The van der Waals surface area contributed by atoms with Crippen LogP contribution in [0.5, 0.6) is 0 Å². The molecule has 0 aliphatic carbocycles. The van der Waals surface area contributed by atoms with Crippen molar-refractivity contribution in [1.82, 2.24) is 10.6 Å². The van der Waals surface area contributed by atoms with Gasteiger partial charge < -0.3 is 115 Å². The van der Waals surface area contributed by atoms with Gasteiger partial charge in [-0.25, -0.2) is 0 Å². The molecule has 0 aromatic heterocycles. The molecule has 93 heavy (non-hydrogen) atoms. The van der Waals surface area contributed by atoms with E-state index in [-0.39, 0.29) is 12.3 Å². The van der Waals surface area contributed by atoms with Crippen LogP contribution in [0.3, 0.4) is 0 Å². The highest BCUT2D eigenvalue weighted by Gasteiger charge is 2.56. The summed E-state index contributed by atoms with van der Waals surface area (Å²) in [6, 6.07) is -2.53. The van der Waals surface area contributed by atoms with Crippen molar-refractivity contribution in [2.24, 2.45) is 0 Å². The third kappa shape index (κ3) is 29.5. The first-order valence-electron chi connectivity index (χ1n) is 35.6. The summed E-state index contributed by atoms with van der Waals surface area (Å²) in [6.45, 7) is 1.62. The Hall–Kier alpha value is -2.42. The quantitative estimate of drug-likeness (QED) is 0.0303. The summed E-state index contributed by atoms with van der Waals surface area (Å²) >= 11 is 0. The third-order valence-corrected chi connectivity index (χ3v) is 18.3. The predicted molar refractivity (Wildman–Crippen MR) is 345 cm³/mol. The van der Waals surface area contributed by atoms with Gasteiger partial charge in [-0.1, -0.05) is 192 Å². The number of amides is 2. The zero-order valence-electron chi connectivity index (χ0n) is 56.1. The van der Waals surface area contributed by atoms with E-state index in [1.54, 1.807) is 6.08 Å². The largest absolute Gasteiger partial charge is 0.394 e. The Morgan fingerprint density at radius 2 is 0.796 bits per heavy atom. The lowest BCUT2D eigenvalue weighted by Crippen LogP contribution is -2.69. The number of unbranched alkanes of at least 4 members (excludes halogenated alkanes) is 28. The van der Waals surface area contributed by atoms with Crippen molar-refractivity contribution < 1.29 is 114 Å². The van der Waals surface area contributed by atoms with E-state index < -0.39 is 174 Å². The minimum Gasteiger partial charge on any atom is -0.394 e. The Morgan fingerprint density at radius 3 is 1.26 bits per heavy atom. The molecule has 0 aromatic carbocycles. The molecule has 4 saturated heterocycles. The van der Waals surface area contributed by atoms with Gasteiger partial charge in [0.25, 0.3) is 0 Å². The van der Waals surface area contributed by atoms with Crippen molar-refractivity contribution in [3.05, 3.63) is 24.3 Å². The van der Waals surface area contributed by atoms with Crippen LogP contribution in [-0.2, 0) is 47.5 Å². The summed E-state index contributed by atoms with van der Waals surface area (Å²) < 4.78 is 46.5. The molecule has 0 radical (unpaired) electrons. The number of nitrogens with one attached hydrogen (secondary N) is 2. The minimum absolute atomic E-state index is 0.214. The summed E-state index contributed by atoms with van der Waals surface area (Å²) in [5.41, 5.74) is 0. The summed E-state index contributed by atoms with van der Waals surface area (Å²) in [5, 5.41) is 148. The Morgan fingerprint density at radius 1 is 0.419 bits per heavy atom. The van der Waals surface area contributed by atoms with Gasteiger partial charge >= 0.3 is 0 Å². The van der Waals surface area contributed by atoms with E-state index in [0.717, 1.165) is 51.9 Å². The molecule has 15 N–H and O–H groups in total. The maximum atomic E-state index is 13.4. The number of hydrogen-bond donors (Lipinski definition) is 15. The maximum Gasteiger partial charge on any atom is 0.220 e. The van der Waals surface area contributed by atoms with Gasteiger partial charge in [-0.2, -0.15) is 0 Å². The van der Waals surface area contributed by atoms with Gasteiger partial charge in [-0.15, -0.1) is 0 Å². The van der Waals surface area contributed by atoms with Crippen LogP contribution in [0.2, 0.25) is 0 Å². The van der Waals surface area contributed by atoms with Gasteiger partial charge in [0.2, 0.25) is 11.8 Å². The number of carbonyl (C=O) groups is 2. The van der Waals surface area contributed by atoms with Gasteiger partial charge in [0.15, 0.2) is 25.2 Å². The Bertz CT molecular complexity index is 1980. The molecule has 0 spiro atoms. The molecule has 4 aliphatic heterocycles. The molecule has 0 saturated carbocycles. The first-order valence-corrected chi connectivity index (χ1v) is 35.6. The Kier molecular flexibility index (Phi) is 43.1. The molecule has 4 heterocycles. The first kappa shape index (κ1) is 83.0. The standard InChI is InChI=1S/C68H124N2O23/c1-4-6-8-10-12-14-16-18-19-20-21-22-23-24-25-27-29-31-33-35-37-39-52(77)70-46(47(76)38-36-34-32-30-28-26-17-15-13-11-9-7-5-2)44-86-66-59(83)57(81)62(50(42-73)89-66)91-67-60(84)58(82)63(51(43-74)90-67)92-68-61(85)64(55(79)49(41-72)88-68)93-65-53(69-45(3)75)56(80)54(78)48(40-71)87-65/h18-19,36,38,46-51,53-68,71-74,76,78-85H,4-17,20-35,37,39-44H2,1-3H3,(H,69,75)(H,70,77)/b19-18-,38-36+/t46-,47+,48?,49?,50?,51?,53?,54-,55-,56+,57+,58+,59?,60?,61?,62+,63-,64-,65-,66+,67-,68-/m0/s1. The number of ether oxygens (including phenoxy) is 8. The van der Waals surface area contributed by atoms with E-state index >= 15 is 0 Å². The number of rotatable bonds is 50. The van der Waals surface area contributed by atoms with Gasteiger partial charge in [-0.3, -0.25) is 9.59 Å². The summed E-state index contributed by atoms with van der Waals surface area (Å²) in [4.78, 5) is 25.5. The first-order chi connectivity index (χ1) is 45.0. The van der Waals surface area contributed by atoms with E-state index in [9.17, 15) is 76.0 Å². The second-order valence-corrected chi connectivity index (χ2v) is 26.1. The van der Waals surface area contributed by atoms with Crippen molar-refractivity contribution in [3.8, 4) is 0 Å². The molecule has 25 nitrogen and oxygen atoms in total.